The number of rotatable bonds is 2. The van der Waals surface area contributed by atoms with Crippen LogP contribution in [0.3, 0.4) is 0 Å². The number of hydrogen-bond acceptors (Lipinski definition) is 5. The number of alkyl halides is 1. The first-order valence-corrected chi connectivity index (χ1v) is 5.17. The molecule has 0 bridgehead atoms. The minimum absolute atomic E-state index is 0.0413. The first-order chi connectivity index (χ1) is 7.68. The molecule has 0 aliphatic carbocycles. The van der Waals surface area contributed by atoms with Crippen molar-refractivity contribution in [2.24, 2.45) is 0 Å². The Morgan fingerprint density at radius 2 is 2.50 bits per heavy atom. The van der Waals surface area contributed by atoms with Gasteiger partial charge in [0.2, 0.25) is 5.95 Å². The van der Waals surface area contributed by atoms with Gasteiger partial charge in [0.1, 0.15) is 5.50 Å². The van der Waals surface area contributed by atoms with E-state index in [4.69, 9.17) is 21.4 Å². The summed E-state index contributed by atoms with van der Waals surface area (Å²) in [5, 5.41) is 8.81. The van der Waals surface area contributed by atoms with Crippen molar-refractivity contribution in [1.82, 2.24) is 9.97 Å². The highest BCUT2D eigenvalue weighted by Crippen LogP contribution is 2.17. The maximum atomic E-state index is 10.8. The third kappa shape index (κ3) is 2.23. The molecule has 1 aromatic heterocycles. The lowest BCUT2D eigenvalue weighted by atomic mass is 10.4. The first kappa shape index (κ1) is 11.1. The SMILES string of the molecule is O=C(O)c1ccnc(N2CCOCC2Cl)n1. The molecule has 0 amide bonds. The van der Waals surface area contributed by atoms with Gasteiger partial charge in [0.25, 0.3) is 0 Å². The van der Waals surface area contributed by atoms with E-state index in [1.165, 1.54) is 12.3 Å². The Hall–Kier alpha value is -1.40. The van der Waals surface area contributed by atoms with Crippen LogP contribution >= 0.6 is 11.6 Å². The molecule has 1 aromatic rings. The van der Waals surface area contributed by atoms with Gasteiger partial charge in [-0.3, -0.25) is 0 Å². The fourth-order valence-electron chi connectivity index (χ4n) is 1.40. The van der Waals surface area contributed by atoms with Gasteiger partial charge < -0.3 is 14.7 Å². The Balaban J connectivity index is 2.25. The number of carboxylic acids is 1. The molecule has 1 atom stereocenters. The number of anilines is 1. The van der Waals surface area contributed by atoms with Crippen LogP contribution in [0.25, 0.3) is 0 Å². The fourth-order valence-corrected chi connectivity index (χ4v) is 1.68. The summed E-state index contributed by atoms with van der Waals surface area (Å²) in [6.45, 7) is 1.46. The van der Waals surface area contributed by atoms with Crippen LogP contribution < -0.4 is 4.90 Å². The summed E-state index contributed by atoms with van der Waals surface area (Å²) >= 11 is 6.02. The molecule has 0 saturated carbocycles. The predicted octanol–water partition coefficient (Wildman–Crippen LogP) is 0.576. The number of ether oxygens (including phenoxy) is 1. The third-order valence-corrected chi connectivity index (χ3v) is 2.55. The number of morpholine rings is 1. The van der Waals surface area contributed by atoms with Gasteiger partial charge in [0, 0.05) is 12.7 Å². The number of aromatic carboxylic acids is 1. The lowest BCUT2D eigenvalue weighted by Gasteiger charge is -2.31. The second kappa shape index (κ2) is 4.63. The number of carboxylic acid groups (broad SMARTS) is 1. The first-order valence-electron chi connectivity index (χ1n) is 4.73. The normalized spacial score (nSPS) is 20.8. The average Bonchev–Trinajstić information content (AvgIpc) is 2.30. The molecule has 0 radical (unpaired) electrons. The van der Waals surface area contributed by atoms with Crippen LogP contribution in [-0.2, 0) is 4.74 Å². The van der Waals surface area contributed by atoms with Gasteiger partial charge in [0.15, 0.2) is 5.69 Å². The Labute approximate surface area is 96.8 Å². The van der Waals surface area contributed by atoms with Crippen molar-refractivity contribution >= 4 is 23.5 Å². The van der Waals surface area contributed by atoms with Crippen LogP contribution in [0, 0.1) is 0 Å². The van der Waals surface area contributed by atoms with Gasteiger partial charge in [-0.15, -0.1) is 0 Å². The smallest absolute Gasteiger partial charge is 0.354 e. The van der Waals surface area contributed by atoms with Crippen molar-refractivity contribution in [2.45, 2.75) is 5.50 Å². The quantitative estimate of drug-likeness (QED) is 0.605. The van der Waals surface area contributed by atoms with Gasteiger partial charge in [-0.1, -0.05) is 11.6 Å². The summed E-state index contributed by atoms with van der Waals surface area (Å²) in [5.74, 6) is -0.758. The van der Waals surface area contributed by atoms with Crippen molar-refractivity contribution in [2.75, 3.05) is 24.7 Å². The van der Waals surface area contributed by atoms with E-state index < -0.39 is 5.97 Å². The van der Waals surface area contributed by atoms with Crippen LogP contribution in [-0.4, -0.2) is 46.3 Å². The molecule has 1 fully saturated rings. The molecule has 2 rings (SSSR count). The summed E-state index contributed by atoms with van der Waals surface area (Å²) in [6.07, 6.45) is 1.41. The zero-order valence-electron chi connectivity index (χ0n) is 8.34. The van der Waals surface area contributed by atoms with Crippen LogP contribution in [0.2, 0.25) is 0 Å². The predicted molar refractivity (Wildman–Crippen MR) is 56.8 cm³/mol. The monoisotopic (exact) mass is 243 g/mol. The van der Waals surface area contributed by atoms with Gasteiger partial charge in [-0.25, -0.2) is 14.8 Å². The molecular formula is C9H10ClN3O3. The molecule has 0 aromatic carbocycles. The summed E-state index contributed by atoms with van der Waals surface area (Å²) in [6, 6.07) is 1.34. The van der Waals surface area contributed by atoms with Crippen molar-refractivity contribution in [3.63, 3.8) is 0 Å². The van der Waals surface area contributed by atoms with Crippen LogP contribution in [0.5, 0.6) is 0 Å². The largest absolute Gasteiger partial charge is 0.477 e. The molecule has 16 heavy (non-hydrogen) atoms. The second-order valence-electron chi connectivity index (χ2n) is 3.25. The Kier molecular flexibility index (Phi) is 3.21. The molecule has 1 N–H and O–H groups in total. The van der Waals surface area contributed by atoms with E-state index in [9.17, 15) is 4.79 Å². The van der Waals surface area contributed by atoms with E-state index in [0.717, 1.165) is 0 Å². The minimum Gasteiger partial charge on any atom is -0.477 e. The lowest BCUT2D eigenvalue weighted by molar-refractivity contribution is 0.0690. The van der Waals surface area contributed by atoms with Gasteiger partial charge in [-0.05, 0) is 6.07 Å². The summed E-state index contributed by atoms with van der Waals surface area (Å²) in [4.78, 5) is 20.4. The van der Waals surface area contributed by atoms with E-state index in [-0.39, 0.29) is 11.2 Å². The average molecular weight is 244 g/mol. The zero-order valence-corrected chi connectivity index (χ0v) is 9.09. The molecule has 2 heterocycles. The summed E-state index contributed by atoms with van der Waals surface area (Å²) < 4.78 is 5.17. The second-order valence-corrected chi connectivity index (χ2v) is 3.75. The van der Waals surface area contributed by atoms with Crippen molar-refractivity contribution < 1.29 is 14.6 Å². The van der Waals surface area contributed by atoms with Crippen molar-refractivity contribution in [1.29, 1.82) is 0 Å². The molecule has 6 nitrogen and oxygen atoms in total. The minimum atomic E-state index is -1.08. The summed E-state index contributed by atoms with van der Waals surface area (Å²) in [5.41, 5.74) is -0.404. The van der Waals surface area contributed by atoms with Gasteiger partial charge >= 0.3 is 5.97 Å². The molecule has 1 aliphatic rings. The Bertz CT molecular complexity index is 401. The molecule has 1 saturated heterocycles. The lowest BCUT2D eigenvalue weighted by Crippen LogP contribution is -2.43. The molecule has 86 valence electrons. The molecular weight excluding hydrogens is 234 g/mol. The highest BCUT2D eigenvalue weighted by atomic mass is 35.5. The van der Waals surface area contributed by atoms with Crippen LogP contribution in [0.4, 0.5) is 5.95 Å². The van der Waals surface area contributed by atoms with E-state index in [0.29, 0.717) is 25.7 Å². The van der Waals surface area contributed by atoms with Crippen molar-refractivity contribution in [3.8, 4) is 0 Å². The number of hydrogen-bond donors (Lipinski definition) is 1. The fraction of sp³-hybridized carbons (Fsp3) is 0.444. The summed E-state index contributed by atoms with van der Waals surface area (Å²) in [7, 11) is 0. The topological polar surface area (TPSA) is 75.5 Å². The van der Waals surface area contributed by atoms with E-state index in [1.807, 2.05) is 0 Å². The Morgan fingerprint density at radius 1 is 1.69 bits per heavy atom. The number of aromatic nitrogens is 2. The van der Waals surface area contributed by atoms with Gasteiger partial charge in [0.05, 0.1) is 13.2 Å². The Morgan fingerprint density at radius 3 is 3.19 bits per heavy atom. The standard InChI is InChI=1S/C9H10ClN3O3/c10-7-5-16-4-3-13(7)9-11-2-1-6(12-9)8(14)15/h1-2,7H,3-5H2,(H,14,15). The van der Waals surface area contributed by atoms with Crippen LogP contribution in [0.15, 0.2) is 12.3 Å². The number of carbonyl (C=O) groups is 1. The highest BCUT2D eigenvalue weighted by Gasteiger charge is 2.23. The van der Waals surface area contributed by atoms with E-state index >= 15 is 0 Å². The molecule has 7 heteroatoms. The maximum absolute atomic E-state index is 10.8. The van der Waals surface area contributed by atoms with Crippen molar-refractivity contribution in [3.05, 3.63) is 18.0 Å². The van der Waals surface area contributed by atoms with E-state index in [1.54, 1.807) is 4.90 Å². The molecule has 1 unspecified atom stereocenters. The molecule has 0 spiro atoms. The maximum Gasteiger partial charge on any atom is 0.354 e. The van der Waals surface area contributed by atoms with E-state index in [2.05, 4.69) is 9.97 Å². The third-order valence-electron chi connectivity index (χ3n) is 2.19. The van der Waals surface area contributed by atoms with Gasteiger partial charge in [-0.2, -0.15) is 0 Å². The number of nitrogens with zero attached hydrogens (tertiary/aromatic N) is 3. The highest BCUT2D eigenvalue weighted by molar-refractivity contribution is 6.21. The number of halogens is 1. The molecule has 1 aliphatic heterocycles. The zero-order chi connectivity index (χ0) is 11.5. The van der Waals surface area contributed by atoms with Crippen LogP contribution in [0.1, 0.15) is 10.5 Å².